The van der Waals surface area contributed by atoms with Gasteiger partial charge < -0.3 is 21.1 Å². The normalized spacial score (nSPS) is 25.9. The van der Waals surface area contributed by atoms with Crippen LogP contribution in [0.15, 0.2) is 10.5 Å². The number of carbonyl (C=O) groups is 4. The standard InChI is InChI=1S/C17H18N8O5S3/c1-2-3-23-8-19-25(22-23)33-7-17(15(29)30)5-24-13(28)10(14(24)32-6-17)21-12(27)11(26)9-4-31-16(18)20-9/h1,4,8,10,14,22H,3,5-7H2,(H2,18,20)(H,21,27)(H,29,30)/t10?,14-,17?/m1/s1. The molecule has 0 aliphatic carbocycles. The van der Waals surface area contributed by atoms with E-state index in [1.807, 2.05) is 0 Å². The number of fused-ring (bicyclic) bond motifs is 1. The molecule has 174 valence electrons. The lowest BCUT2D eigenvalue weighted by Gasteiger charge is -2.53. The highest BCUT2D eigenvalue weighted by molar-refractivity contribution is 8.00. The molecule has 2 saturated heterocycles. The second kappa shape index (κ2) is 9.09. The number of carboxylic acids is 1. The van der Waals surface area contributed by atoms with Gasteiger partial charge in [0, 0.05) is 23.4 Å². The number of terminal acetylenes is 1. The first-order valence-electron chi connectivity index (χ1n) is 9.39. The maximum atomic E-state index is 12.7. The van der Waals surface area contributed by atoms with Gasteiger partial charge in [-0.3, -0.25) is 24.2 Å². The first-order valence-corrected chi connectivity index (χ1v) is 12.3. The average Bonchev–Trinajstić information content (AvgIpc) is 3.44. The number of thioether (sulfide) groups is 1. The zero-order valence-electron chi connectivity index (χ0n) is 16.8. The molecule has 16 heteroatoms. The highest BCUT2D eigenvalue weighted by atomic mass is 32.2. The van der Waals surface area contributed by atoms with E-state index in [-0.39, 0.29) is 35.4 Å². The summed E-state index contributed by atoms with van der Waals surface area (Å²) in [6, 6.07) is -0.913. The maximum Gasteiger partial charge on any atom is 0.313 e. The van der Waals surface area contributed by atoms with Crippen LogP contribution >= 0.6 is 35.0 Å². The van der Waals surface area contributed by atoms with Crippen LogP contribution in [0.1, 0.15) is 10.5 Å². The average molecular weight is 511 g/mol. The molecule has 2 fully saturated rings. The lowest BCUT2D eigenvalue weighted by Crippen LogP contribution is -2.74. The number of carboxylic acid groups (broad SMARTS) is 1. The van der Waals surface area contributed by atoms with Gasteiger partial charge in [-0.1, -0.05) is 5.92 Å². The minimum atomic E-state index is -1.22. The molecule has 4 rings (SSSR count). The van der Waals surface area contributed by atoms with Crippen molar-refractivity contribution in [1.82, 2.24) is 30.3 Å². The van der Waals surface area contributed by atoms with Crippen molar-refractivity contribution in [2.24, 2.45) is 10.5 Å². The van der Waals surface area contributed by atoms with Crippen LogP contribution in [0.2, 0.25) is 0 Å². The molecule has 2 unspecified atom stereocenters. The Labute approximate surface area is 200 Å². The van der Waals surface area contributed by atoms with Crippen LogP contribution in [0.25, 0.3) is 0 Å². The van der Waals surface area contributed by atoms with Crippen LogP contribution in [0, 0.1) is 17.8 Å². The summed E-state index contributed by atoms with van der Waals surface area (Å²) in [4.78, 5) is 54.4. The van der Waals surface area contributed by atoms with Crippen molar-refractivity contribution in [2.45, 2.75) is 11.4 Å². The predicted molar refractivity (Wildman–Crippen MR) is 122 cm³/mol. The van der Waals surface area contributed by atoms with E-state index in [2.05, 4.69) is 26.9 Å². The smallest absolute Gasteiger partial charge is 0.313 e. The predicted octanol–water partition coefficient (Wildman–Crippen LogP) is -1.36. The Morgan fingerprint density at radius 2 is 2.27 bits per heavy atom. The summed E-state index contributed by atoms with van der Waals surface area (Å²) in [5.74, 6) is -0.529. The third-order valence-corrected chi connectivity index (χ3v) is 8.44. The quantitative estimate of drug-likeness (QED) is 0.106. The number of Topliss-reactive ketones (excluding diaryl/α,β-unsaturated/α-hetero) is 1. The summed E-state index contributed by atoms with van der Waals surface area (Å²) in [5, 5.41) is 19.0. The van der Waals surface area contributed by atoms with Crippen LogP contribution in [0.5, 0.6) is 0 Å². The van der Waals surface area contributed by atoms with E-state index in [0.717, 1.165) is 23.3 Å². The highest BCUT2D eigenvalue weighted by Gasteiger charge is 2.57. The molecule has 5 N–H and O–H groups in total. The van der Waals surface area contributed by atoms with Gasteiger partial charge in [-0.25, -0.2) is 4.98 Å². The van der Waals surface area contributed by atoms with Gasteiger partial charge in [-0.05, 0) is 11.9 Å². The number of hydrazone groups is 1. The van der Waals surface area contributed by atoms with E-state index in [0.29, 0.717) is 0 Å². The number of nitrogens with two attached hydrogens (primary N) is 1. The van der Waals surface area contributed by atoms with Gasteiger partial charge in [0.25, 0.3) is 11.7 Å². The third-order valence-electron chi connectivity index (χ3n) is 5.08. The number of aromatic nitrogens is 1. The van der Waals surface area contributed by atoms with Crippen molar-refractivity contribution in [3.05, 3.63) is 11.1 Å². The first kappa shape index (κ1) is 23.2. The van der Waals surface area contributed by atoms with Crippen LogP contribution in [0.3, 0.4) is 0 Å². The Bertz CT molecular complexity index is 1070. The molecule has 3 atom stereocenters. The van der Waals surface area contributed by atoms with Crippen molar-refractivity contribution in [1.29, 1.82) is 0 Å². The summed E-state index contributed by atoms with van der Waals surface area (Å²) in [6.45, 7) is 0.260. The molecule has 4 heterocycles. The number of rotatable bonds is 8. The van der Waals surface area contributed by atoms with Gasteiger partial charge in [0.1, 0.15) is 28.9 Å². The van der Waals surface area contributed by atoms with Crippen LogP contribution in [-0.2, 0) is 14.4 Å². The number of nitrogen functional groups attached to an aromatic ring is 1. The van der Waals surface area contributed by atoms with Gasteiger partial charge in [0.05, 0.1) is 6.54 Å². The van der Waals surface area contributed by atoms with Gasteiger partial charge in [0.2, 0.25) is 5.91 Å². The largest absolute Gasteiger partial charge is 0.481 e. The van der Waals surface area contributed by atoms with Crippen LogP contribution in [0.4, 0.5) is 5.13 Å². The Hall–Kier alpha value is -3.00. The number of aliphatic carboxylic acids is 1. The maximum absolute atomic E-state index is 12.7. The van der Waals surface area contributed by atoms with E-state index >= 15 is 0 Å². The molecular formula is C17H18N8O5S3. The van der Waals surface area contributed by atoms with Crippen molar-refractivity contribution in [3.8, 4) is 12.3 Å². The second-order valence-corrected chi connectivity index (χ2v) is 10.2. The number of ketones is 1. The fourth-order valence-corrected chi connectivity index (χ4v) is 6.49. The molecule has 1 aromatic heterocycles. The van der Waals surface area contributed by atoms with Crippen LogP contribution < -0.4 is 16.6 Å². The second-order valence-electron chi connectivity index (χ2n) is 7.31. The van der Waals surface area contributed by atoms with Crippen molar-refractivity contribution in [3.63, 3.8) is 0 Å². The number of thiazole rings is 1. The topological polar surface area (TPSA) is 174 Å². The van der Waals surface area contributed by atoms with Crippen molar-refractivity contribution < 1.29 is 24.3 Å². The molecule has 0 aromatic carbocycles. The molecular weight excluding hydrogens is 492 g/mol. The van der Waals surface area contributed by atoms with E-state index in [9.17, 15) is 24.3 Å². The lowest BCUT2D eigenvalue weighted by atomic mass is 9.89. The summed E-state index contributed by atoms with van der Waals surface area (Å²) >= 11 is 3.41. The number of anilines is 1. The minimum absolute atomic E-state index is 0.0274. The number of hydrogen-bond acceptors (Lipinski definition) is 13. The van der Waals surface area contributed by atoms with Gasteiger partial charge in [-0.2, -0.15) is 0 Å². The lowest BCUT2D eigenvalue weighted by molar-refractivity contribution is -0.157. The molecule has 3 aliphatic heterocycles. The molecule has 33 heavy (non-hydrogen) atoms. The molecule has 1 aromatic rings. The summed E-state index contributed by atoms with van der Waals surface area (Å²) in [7, 11) is 0. The number of hydrogen-bond donors (Lipinski definition) is 4. The third kappa shape index (κ3) is 4.44. The molecule has 0 saturated carbocycles. The number of amides is 2. The van der Waals surface area contributed by atoms with Gasteiger partial charge in [-0.15, -0.1) is 44.7 Å². The van der Waals surface area contributed by atoms with E-state index in [1.54, 1.807) is 5.01 Å². The van der Waals surface area contributed by atoms with Gasteiger partial charge >= 0.3 is 5.97 Å². The number of nitrogens with zero attached hydrogens (tertiary/aromatic N) is 5. The zero-order valence-corrected chi connectivity index (χ0v) is 19.3. The fraction of sp³-hybridized carbons (Fsp3) is 0.412. The van der Waals surface area contributed by atoms with Crippen LogP contribution in [-0.4, -0.2) is 90.4 Å². The van der Waals surface area contributed by atoms with Crippen molar-refractivity contribution in [2.75, 3.05) is 30.3 Å². The van der Waals surface area contributed by atoms with Crippen molar-refractivity contribution >= 4 is 70.1 Å². The number of carbonyl (C=O) groups excluding carboxylic acids is 3. The summed E-state index contributed by atoms with van der Waals surface area (Å²) in [6.07, 6.45) is 6.74. The number of nitrogens with one attached hydrogen (secondary N) is 2. The summed E-state index contributed by atoms with van der Waals surface area (Å²) in [5.41, 5.74) is 7.05. The Morgan fingerprint density at radius 3 is 2.94 bits per heavy atom. The Balaban J connectivity index is 1.34. The fourth-order valence-electron chi connectivity index (χ4n) is 3.31. The summed E-state index contributed by atoms with van der Waals surface area (Å²) < 4.78 is 1.40. The molecule has 0 bridgehead atoms. The highest BCUT2D eigenvalue weighted by Crippen LogP contribution is 2.44. The molecule has 2 amide bonds. The molecule has 0 radical (unpaired) electrons. The molecule has 3 aliphatic rings. The first-order chi connectivity index (χ1) is 15.7. The number of β-lactam (4-membered cyclic amide) rings is 1. The molecule has 0 spiro atoms. The van der Waals surface area contributed by atoms with Gasteiger partial charge in [0.15, 0.2) is 5.13 Å². The van der Waals surface area contributed by atoms with E-state index in [1.165, 1.54) is 32.9 Å². The minimum Gasteiger partial charge on any atom is -0.481 e. The zero-order chi connectivity index (χ0) is 23.8. The SMILES string of the molecule is C#CCN1C=NN(SCC2(C(=O)O)CS[C@@H]3C(NC(=O)C(=O)c4csc(N)n4)C(=O)N3C2)N1. The Morgan fingerprint density at radius 1 is 1.48 bits per heavy atom. The Kier molecular flexibility index (Phi) is 6.38. The van der Waals surface area contributed by atoms with E-state index in [4.69, 9.17) is 12.2 Å². The monoisotopic (exact) mass is 510 g/mol. The number of hydrazine groups is 2. The molecule has 13 nitrogen and oxygen atoms in total. The van der Waals surface area contributed by atoms with E-state index < -0.39 is 40.4 Å².